The molecule has 0 radical (unpaired) electrons. The van der Waals surface area contributed by atoms with Crippen LogP contribution >= 0.6 is 15.9 Å². The molecule has 0 aliphatic carbocycles. The maximum Gasteiger partial charge on any atom is 0.218 e. The summed E-state index contributed by atoms with van der Waals surface area (Å²) in [4.78, 5) is 14.5. The Morgan fingerprint density at radius 2 is 2.43 bits per heavy atom. The Labute approximate surface area is 89.6 Å². The van der Waals surface area contributed by atoms with E-state index in [2.05, 4.69) is 20.9 Å². The van der Waals surface area contributed by atoms with Crippen LogP contribution in [-0.4, -0.2) is 10.9 Å². The molecule has 0 aromatic carbocycles. The summed E-state index contributed by atoms with van der Waals surface area (Å²) in [6.45, 7) is 1.71. The maximum atomic E-state index is 13.3. The number of hydrogen-bond acceptors (Lipinski definition) is 2. The van der Waals surface area contributed by atoms with Gasteiger partial charge in [-0.3, -0.25) is 9.78 Å². The number of amides is 1. The highest BCUT2D eigenvalue weighted by atomic mass is 79.9. The van der Waals surface area contributed by atoms with Crippen LogP contribution in [0.25, 0.3) is 0 Å². The van der Waals surface area contributed by atoms with Gasteiger partial charge in [0.25, 0.3) is 0 Å². The van der Waals surface area contributed by atoms with E-state index in [0.29, 0.717) is 4.47 Å². The first-order valence-corrected chi connectivity index (χ1v) is 4.89. The summed E-state index contributed by atoms with van der Waals surface area (Å²) in [7, 11) is 0. The molecule has 1 aromatic rings. The molecule has 76 valence electrons. The number of pyridine rings is 1. The molecule has 0 spiro atoms. The van der Waals surface area contributed by atoms with Gasteiger partial charge < -0.3 is 5.73 Å². The van der Waals surface area contributed by atoms with E-state index >= 15 is 0 Å². The summed E-state index contributed by atoms with van der Waals surface area (Å²) in [5.74, 6) is -1.17. The minimum atomic E-state index is -0.457. The number of primary amides is 1. The first kappa shape index (κ1) is 11.1. The Balaban J connectivity index is 2.90. The molecule has 0 saturated carbocycles. The number of aromatic nitrogens is 1. The molecule has 1 rings (SSSR count). The van der Waals surface area contributed by atoms with Crippen molar-refractivity contribution in [3.05, 3.63) is 28.2 Å². The van der Waals surface area contributed by atoms with Gasteiger partial charge in [0.15, 0.2) is 0 Å². The fourth-order valence-corrected chi connectivity index (χ4v) is 1.49. The first-order valence-electron chi connectivity index (χ1n) is 4.10. The molecule has 0 saturated heterocycles. The van der Waals surface area contributed by atoms with E-state index in [1.165, 1.54) is 12.3 Å². The van der Waals surface area contributed by atoms with Crippen LogP contribution in [0.3, 0.4) is 0 Å². The van der Waals surface area contributed by atoms with Gasteiger partial charge in [-0.2, -0.15) is 0 Å². The fourth-order valence-electron chi connectivity index (χ4n) is 1.19. The van der Waals surface area contributed by atoms with Crippen LogP contribution in [0.4, 0.5) is 4.39 Å². The summed E-state index contributed by atoms with van der Waals surface area (Å²) in [5, 5.41) is 0. The topological polar surface area (TPSA) is 56.0 Å². The molecule has 14 heavy (non-hydrogen) atoms. The van der Waals surface area contributed by atoms with Crippen LogP contribution in [0, 0.1) is 5.82 Å². The van der Waals surface area contributed by atoms with E-state index in [1.807, 2.05) is 0 Å². The molecule has 0 fully saturated rings. The highest BCUT2D eigenvalue weighted by molar-refractivity contribution is 9.10. The lowest BCUT2D eigenvalue weighted by Gasteiger charge is -2.09. The molecule has 0 unspecified atom stereocenters. The van der Waals surface area contributed by atoms with Crippen molar-refractivity contribution in [1.82, 2.24) is 4.98 Å². The molecule has 0 aliphatic heterocycles. The van der Waals surface area contributed by atoms with Crippen LogP contribution < -0.4 is 5.73 Å². The second-order valence-corrected chi connectivity index (χ2v) is 4.01. The Bertz CT molecular complexity index is 357. The molecule has 5 heteroatoms. The second kappa shape index (κ2) is 4.50. The van der Waals surface area contributed by atoms with Crippen molar-refractivity contribution in [3.8, 4) is 0 Å². The summed E-state index contributed by atoms with van der Waals surface area (Å²) >= 11 is 3.10. The van der Waals surface area contributed by atoms with Crippen molar-refractivity contribution in [2.75, 3.05) is 0 Å². The molecular formula is C9H10BrFN2O. The Morgan fingerprint density at radius 1 is 1.79 bits per heavy atom. The SMILES string of the molecule is C[C@H](CC(N)=O)c1ncc(Br)cc1F. The molecule has 2 N–H and O–H groups in total. The van der Waals surface area contributed by atoms with Crippen molar-refractivity contribution in [3.63, 3.8) is 0 Å². The second-order valence-electron chi connectivity index (χ2n) is 3.09. The van der Waals surface area contributed by atoms with Crippen LogP contribution in [-0.2, 0) is 4.79 Å². The van der Waals surface area contributed by atoms with Crippen molar-refractivity contribution < 1.29 is 9.18 Å². The lowest BCUT2D eigenvalue weighted by Crippen LogP contribution is -2.15. The number of halogens is 2. The molecule has 1 aromatic heterocycles. The Hall–Kier alpha value is -0.970. The van der Waals surface area contributed by atoms with Crippen molar-refractivity contribution in [2.24, 2.45) is 5.73 Å². The van der Waals surface area contributed by atoms with Crippen LogP contribution in [0.1, 0.15) is 25.0 Å². The van der Waals surface area contributed by atoms with Crippen molar-refractivity contribution >= 4 is 21.8 Å². The number of carbonyl (C=O) groups is 1. The van der Waals surface area contributed by atoms with Crippen LogP contribution in [0.15, 0.2) is 16.7 Å². The highest BCUT2D eigenvalue weighted by Crippen LogP contribution is 2.21. The smallest absolute Gasteiger partial charge is 0.218 e. The minimum Gasteiger partial charge on any atom is -0.370 e. The van der Waals surface area contributed by atoms with E-state index in [0.717, 1.165) is 0 Å². The summed E-state index contributed by atoms with van der Waals surface area (Å²) < 4.78 is 13.9. The third-order valence-electron chi connectivity index (χ3n) is 1.81. The van der Waals surface area contributed by atoms with Gasteiger partial charge in [-0.1, -0.05) is 6.92 Å². The van der Waals surface area contributed by atoms with E-state index in [-0.39, 0.29) is 18.0 Å². The van der Waals surface area contributed by atoms with E-state index < -0.39 is 11.7 Å². The lowest BCUT2D eigenvalue weighted by molar-refractivity contribution is -0.118. The summed E-state index contributed by atoms with van der Waals surface area (Å²) in [6, 6.07) is 1.32. The number of nitrogens with zero attached hydrogens (tertiary/aromatic N) is 1. The van der Waals surface area contributed by atoms with Crippen molar-refractivity contribution in [1.29, 1.82) is 0 Å². The van der Waals surface area contributed by atoms with Gasteiger partial charge in [0.1, 0.15) is 5.82 Å². The molecular weight excluding hydrogens is 251 g/mol. The zero-order valence-electron chi connectivity index (χ0n) is 7.63. The summed E-state index contributed by atoms with van der Waals surface area (Å²) in [6.07, 6.45) is 1.60. The van der Waals surface area contributed by atoms with Crippen molar-refractivity contribution in [2.45, 2.75) is 19.3 Å². The highest BCUT2D eigenvalue weighted by Gasteiger charge is 2.14. The zero-order valence-corrected chi connectivity index (χ0v) is 9.21. The van der Waals surface area contributed by atoms with Gasteiger partial charge in [-0.15, -0.1) is 0 Å². The van der Waals surface area contributed by atoms with Gasteiger partial charge in [0, 0.05) is 23.0 Å². The number of carbonyl (C=O) groups excluding carboxylic acids is 1. The predicted octanol–water partition coefficient (Wildman–Crippen LogP) is 1.96. The van der Waals surface area contributed by atoms with Gasteiger partial charge in [-0.05, 0) is 22.0 Å². The average molecular weight is 261 g/mol. The predicted molar refractivity (Wildman–Crippen MR) is 54.1 cm³/mol. The number of rotatable bonds is 3. The average Bonchev–Trinajstić information content (AvgIpc) is 2.01. The van der Waals surface area contributed by atoms with Gasteiger partial charge in [-0.25, -0.2) is 4.39 Å². The van der Waals surface area contributed by atoms with Gasteiger partial charge in [0.2, 0.25) is 5.91 Å². The van der Waals surface area contributed by atoms with Gasteiger partial charge >= 0.3 is 0 Å². The lowest BCUT2D eigenvalue weighted by atomic mass is 10.0. The number of nitrogens with two attached hydrogens (primary N) is 1. The molecule has 0 bridgehead atoms. The number of hydrogen-bond donors (Lipinski definition) is 1. The molecule has 1 amide bonds. The third-order valence-corrected chi connectivity index (χ3v) is 2.24. The van der Waals surface area contributed by atoms with Crippen LogP contribution in [0.2, 0.25) is 0 Å². The molecule has 0 aliphatic rings. The van der Waals surface area contributed by atoms with Crippen LogP contribution in [0.5, 0.6) is 0 Å². The Kier molecular flexibility index (Phi) is 3.57. The van der Waals surface area contributed by atoms with Gasteiger partial charge in [0.05, 0.1) is 5.69 Å². The standard InChI is InChI=1S/C9H10BrFN2O/c1-5(2-8(12)14)9-7(11)3-6(10)4-13-9/h3-5H,2H2,1H3,(H2,12,14)/t5-/m1/s1. The molecule has 1 heterocycles. The zero-order chi connectivity index (χ0) is 10.7. The monoisotopic (exact) mass is 260 g/mol. The van der Waals surface area contributed by atoms with E-state index in [9.17, 15) is 9.18 Å². The molecule has 3 nitrogen and oxygen atoms in total. The normalized spacial score (nSPS) is 12.5. The fraction of sp³-hybridized carbons (Fsp3) is 0.333. The third kappa shape index (κ3) is 2.77. The largest absolute Gasteiger partial charge is 0.370 e. The first-order chi connectivity index (χ1) is 6.50. The molecule has 1 atom stereocenters. The Morgan fingerprint density at radius 3 is 2.93 bits per heavy atom. The quantitative estimate of drug-likeness (QED) is 0.904. The minimum absolute atomic E-state index is 0.103. The summed E-state index contributed by atoms with van der Waals surface area (Å²) in [5.41, 5.74) is 5.28. The van der Waals surface area contributed by atoms with E-state index in [1.54, 1.807) is 6.92 Å². The maximum absolute atomic E-state index is 13.3. The van der Waals surface area contributed by atoms with E-state index in [4.69, 9.17) is 5.73 Å².